The number of piperidine rings is 2. The third-order valence-corrected chi connectivity index (χ3v) is 5.10. The molecule has 2 aliphatic rings. The summed E-state index contributed by atoms with van der Waals surface area (Å²) >= 11 is 0. The molecule has 0 saturated carbocycles. The summed E-state index contributed by atoms with van der Waals surface area (Å²) in [4.78, 5) is 14.9. The van der Waals surface area contributed by atoms with Gasteiger partial charge in [0.2, 0.25) is 5.91 Å². The molecule has 0 aliphatic carbocycles. The second-order valence-electron chi connectivity index (χ2n) is 7.14. The van der Waals surface area contributed by atoms with E-state index in [9.17, 15) is 4.79 Å². The molecule has 0 radical (unpaired) electrons. The minimum Gasteiger partial charge on any atom is -0.353 e. The Morgan fingerprint density at radius 3 is 2.40 bits per heavy atom. The zero-order valence-electron chi connectivity index (χ0n) is 13.3. The van der Waals surface area contributed by atoms with E-state index in [1.165, 1.54) is 19.3 Å². The molecule has 4 nitrogen and oxygen atoms in total. The molecule has 1 amide bonds. The van der Waals surface area contributed by atoms with E-state index in [-0.39, 0.29) is 11.8 Å². The normalized spacial score (nSPS) is 32.1. The highest BCUT2D eigenvalue weighted by Gasteiger charge is 2.36. The smallest absolute Gasteiger partial charge is 0.224 e. The highest BCUT2D eigenvalue weighted by Crippen LogP contribution is 2.32. The van der Waals surface area contributed by atoms with E-state index in [0.717, 1.165) is 19.3 Å². The number of carbonyl (C=O) groups excluding carboxylic acids is 1. The fraction of sp³-hybridized carbons (Fsp3) is 0.938. The molecule has 116 valence electrons. The lowest BCUT2D eigenvalue weighted by molar-refractivity contribution is -0.126. The molecule has 2 heterocycles. The summed E-state index contributed by atoms with van der Waals surface area (Å²) in [5.41, 5.74) is 5.77. The Kier molecular flexibility index (Phi) is 5.44. The van der Waals surface area contributed by atoms with Crippen molar-refractivity contribution in [2.45, 2.75) is 70.5 Å². The SMILES string of the molecule is CC(C)CC(CN)C(=O)NC1CC2CCCC(C1)N2C. The molecule has 2 saturated heterocycles. The van der Waals surface area contributed by atoms with Crippen LogP contribution in [0.1, 0.15) is 52.4 Å². The van der Waals surface area contributed by atoms with E-state index < -0.39 is 0 Å². The molecule has 0 aromatic rings. The van der Waals surface area contributed by atoms with Crippen molar-refractivity contribution in [3.05, 3.63) is 0 Å². The van der Waals surface area contributed by atoms with Crippen molar-refractivity contribution in [2.75, 3.05) is 13.6 Å². The third kappa shape index (κ3) is 3.73. The fourth-order valence-electron chi connectivity index (χ4n) is 3.93. The lowest BCUT2D eigenvalue weighted by atomic mass is 9.82. The Balaban J connectivity index is 1.88. The Hall–Kier alpha value is -0.610. The molecular weight excluding hydrogens is 250 g/mol. The highest BCUT2D eigenvalue weighted by molar-refractivity contribution is 5.79. The molecule has 2 aliphatic heterocycles. The largest absolute Gasteiger partial charge is 0.353 e. The van der Waals surface area contributed by atoms with E-state index in [1.807, 2.05) is 0 Å². The maximum Gasteiger partial charge on any atom is 0.224 e. The van der Waals surface area contributed by atoms with Gasteiger partial charge in [-0.15, -0.1) is 0 Å². The van der Waals surface area contributed by atoms with Gasteiger partial charge in [0.15, 0.2) is 0 Å². The number of nitrogens with zero attached hydrogens (tertiary/aromatic N) is 1. The molecule has 0 spiro atoms. The summed E-state index contributed by atoms with van der Waals surface area (Å²) in [6.07, 6.45) is 7.02. The lowest BCUT2D eigenvalue weighted by Crippen LogP contribution is -2.56. The van der Waals surface area contributed by atoms with Crippen LogP contribution >= 0.6 is 0 Å². The van der Waals surface area contributed by atoms with Crippen molar-refractivity contribution in [1.29, 1.82) is 0 Å². The van der Waals surface area contributed by atoms with E-state index in [1.54, 1.807) is 0 Å². The number of rotatable bonds is 5. The van der Waals surface area contributed by atoms with E-state index in [0.29, 0.717) is 30.6 Å². The molecule has 3 atom stereocenters. The van der Waals surface area contributed by atoms with Gasteiger partial charge in [0.1, 0.15) is 0 Å². The van der Waals surface area contributed by atoms with Gasteiger partial charge in [0, 0.05) is 24.7 Å². The maximum atomic E-state index is 12.4. The third-order valence-electron chi connectivity index (χ3n) is 5.10. The number of carbonyl (C=O) groups is 1. The summed E-state index contributed by atoms with van der Waals surface area (Å²) < 4.78 is 0. The van der Waals surface area contributed by atoms with Gasteiger partial charge < -0.3 is 16.0 Å². The lowest BCUT2D eigenvalue weighted by Gasteiger charge is -2.47. The molecule has 3 unspecified atom stereocenters. The summed E-state index contributed by atoms with van der Waals surface area (Å²) in [6, 6.07) is 1.68. The average molecular weight is 281 g/mol. The predicted octanol–water partition coefficient (Wildman–Crippen LogP) is 1.74. The summed E-state index contributed by atoms with van der Waals surface area (Å²) in [6.45, 7) is 4.76. The van der Waals surface area contributed by atoms with Crippen LogP contribution in [-0.2, 0) is 4.79 Å². The van der Waals surface area contributed by atoms with Crippen molar-refractivity contribution in [3.63, 3.8) is 0 Å². The van der Waals surface area contributed by atoms with Gasteiger partial charge in [0.25, 0.3) is 0 Å². The highest BCUT2D eigenvalue weighted by atomic mass is 16.2. The molecule has 2 rings (SSSR count). The molecule has 3 N–H and O–H groups in total. The number of fused-ring (bicyclic) bond motifs is 2. The number of hydrogen-bond donors (Lipinski definition) is 2. The molecule has 0 aromatic heterocycles. The Labute approximate surface area is 123 Å². The average Bonchev–Trinajstić information content (AvgIpc) is 2.36. The van der Waals surface area contributed by atoms with Crippen LogP contribution in [0, 0.1) is 11.8 Å². The van der Waals surface area contributed by atoms with Crippen LogP contribution in [0.4, 0.5) is 0 Å². The second kappa shape index (κ2) is 6.90. The van der Waals surface area contributed by atoms with Gasteiger partial charge in [-0.05, 0) is 45.1 Å². The first-order valence-electron chi connectivity index (χ1n) is 8.23. The minimum atomic E-state index is -0.0190. The first-order chi connectivity index (χ1) is 9.51. The van der Waals surface area contributed by atoms with Gasteiger partial charge >= 0.3 is 0 Å². The van der Waals surface area contributed by atoms with Gasteiger partial charge in [-0.2, -0.15) is 0 Å². The first kappa shape index (κ1) is 15.8. The van der Waals surface area contributed by atoms with Crippen LogP contribution < -0.4 is 11.1 Å². The number of amides is 1. The van der Waals surface area contributed by atoms with Crippen LogP contribution in [0.3, 0.4) is 0 Å². The minimum absolute atomic E-state index is 0.0190. The molecule has 4 heteroatoms. The monoisotopic (exact) mass is 281 g/mol. The topological polar surface area (TPSA) is 58.4 Å². The Bertz CT molecular complexity index is 318. The van der Waals surface area contributed by atoms with E-state index in [2.05, 4.69) is 31.1 Å². The van der Waals surface area contributed by atoms with E-state index >= 15 is 0 Å². The molecule has 20 heavy (non-hydrogen) atoms. The molecule has 2 bridgehead atoms. The molecular formula is C16H31N3O. The van der Waals surface area contributed by atoms with E-state index in [4.69, 9.17) is 5.73 Å². The summed E-state index contributed by atoms with van der Waals surface area (Å²) in [7, 11) is 2.24. The van der Waals surface area contributed by atoms with Crippen molar-refractivity contribution in [3.8, 4) is 0 Å². The van der Waals surface area contributed by atoms with Crippen LogP contribution in [0.5, 0.6) is 0 Å². The number of hydrogen-bond acceptors (Lipinski definition) is 3. The summed E-state index contributed by atoms with van der Waals surface area (Å²) in [5.74, 6) is 0.675. The van der Waals surface area contributed by atoms with Gasteiger partial charge in [0.05, 0.1) is 5.92 Å². The van der Waals surface area contributed by atoms with Crippen LogP contribution in [0.25, 0.3) is 0 Å². The van der Waals surface area contributed by atoms with Crippen molar-refractivity contribution >= 4 is 5.91 Å². The van der Waals surface area contributed by atoms with Crippen molar-refractivity contribution in [1.82, 2.24) is 10.2 Å². The maximum absolute atomic E-state index is 12.4. The first-order valence-corrected chi connectivity index (χ1v) is 8.23. The Morgan fingerprint density at radius 2 is 1.90 bits per heavy atom. The van der Waals surface area contributed by atoms with Crippen molar-refractivity contribution in [2.24, 2.45) is 17.6 Å². The van der Waals surface area contributed by atoms with Gasteiger partial charge in [-0.25, -0.2) is 0 Å². The summed E-state index contributed by atoms with van der Waals surface area (Å²) in [5, 5.41) is 3.28. The second-order valence-corrected chi connectivity index (χ2v) is 7.14. The number of nitrogens with one attached hydrogen (secondary N) is 1. The zero-order chi connectivity index (χ0) is 14.7. The zero-order valence-corrected chi connectivity index (χ0v) is 13.3. The van der Waals surface area contributed by atoms with Crippen molar-refractivity contribution < 1.29 is 4.79 Å². The quantitative estimate of drug-likeness (QED) is 0.807. The van der Waals surface area contributed by atoms with Crippen LogP contribution in [-0.4, -0.2) is 42.5 Å². The van der Waals surface area contributed by atoms with Crippen LogP contribution in [0.15, 0.2) is 0 Å². The van der Waals surface area contributed by atoms with Gasteiger partial charge in [-0.3, -0.25) is 4.79 Å². The molecule has 0 aromatic carbocycles. The number of nitrogens with two attached hydrogens (primary N) is 1. The Morgan fingerprint density at radius 1 is 1.30 bits per heavy atom. The predicted molar refractivity (Wildman–Crippen MR) is 82.4 cm³/mol. The molecule has 2 fully saturated rings. The van der Waals surface area contributed by atoms with Crippen LogP contribution in [0.2, 0.25) is 0 Å². The standard InChI is InChI=1S/C16H31N3O/c1-11(2)7-12(10-17)16(20)18-13-8-14-5-4-6-15(9-13)19(14)3/h11-15H,4-10,17H2,1-3H3,(H,18,20). The fourth-order valence-corrected chi connectivity index (χ4v) is 3.93. The van der Waals surface area contributed by atoms with Gasteiger partial charge in [-0.1, -0.05) is 20.3 Å².